The van der Waals surface area contributed by atoms with Crippen LogP contribution in [-0.2, 0) is 14.3 Å². The summed E-state index contributed by atoms with van der Waals surface area (Å²) in [5, 5.41) is 9.68. The van der Waals surface area contributed by atoms with E-state index in [-0.39, 0.29) is 13.2 Å². The Hall–Kier alpha value is -2.72. The third-order valence-corrected chi connectivity index (χ3v) is 4.70. The maximum atomic E-state index is 12.5. The average molecular weight is 368 g/mol. The zero-order valence-corrected chi connectivity index (χ0v) is 15.7. The molecule has 27 heavy (non-hydrogen) atoms. The first-order valence-corrected chi connectivity index (χ1v) is 9.21. The first-order valence-electron chi connectivity index (χ1n) is 9.21. The lowest BCUT2D eigenvalue weighted by Gasteiger charge is -2.33. The Bertz CT molecular complexity index is 849. The number of fused-ring (bicyclic) bond motifs is 1. The molecule has 1 aliphatic heterocycles. The molecule has 1 aliphatic rings. The van der Waals surface area contributed by atoms with Gasteiger partial charge in [-0.05, 0) is 30.9 Å². The first-order chi connectivity index (χ1) is 13.1. The summed E-state index contributed by atoms with van der Waals surface area (Å²) in [7, 11) is 1.53. The van der Waals surface area contributed by atoms with E-state index in [2.05, 4.69) is 22.9 Å². The number of rotatable bonds is 6. The quantitative estimate of drug-likeness (QED) is 0.572. The van der Waals surface area contributed by atoms with Crippen LogP contribution in [0.3, 0.4) is 0 Å². The Labute approximate surface area is 158 Å². The van der Waals surface area contributed by atoms with Gasteiger partial charge < -0.3 is 14.4 Å². The number of anilines is 1. The number of nitriles is 1. The van der Waals surface area contributed by atoms with Gasteiger partial charge in [-0.15, -0.1) is 0 Å². The van der Waals surface area contributed by atoms with Crippen LogP contribution < -0.4 is 4.90 Å². The lowest BCUT2D eigenvalue weighted by atomic mass is 9.99. The predicted molar refractivity (Wildman–Crippen MR) is 101 cm³/mol. The van der Waals surface area contributed by atoms with Crippen LogP contribution in [-0.4, -0.2) is 49.4 Å². The van der Waals surface area contributed by atoms with Crippen molar-refractivity contribution in [1.29, 1.82) is 5.26 Å². The average Bonchev–Trinajstić information content (AvgIpc) is 2.68. The van der Waals surface area contributed by atoms with Gasteiger partial charge in [-0.3, -0.25) is 4.79 Å². The number of ether oxygens (including phenoxy) is 2. The molecular formula is C20H24N4O3. The van der Waals surface area contributed by atoms with E-state index >= 15 is 0 Å². The maximum absolute atomic E-state index is 12.5. The third-order valence-electron chi connectivity index (χ3n) is 4.70. The molecule has 0 amide bonds. The molecule has 7 nitrogen and oxygen atoms in total. The number of hydrogen-bond donors (Lipinski definition) is 0. The fourth-order valence-electron chi connectivity index (χ4n) is 3.35. The van der Waals surface area contributed by atoms with Gasteiger partial charge in [-0.25, -0.2) is 9.97 Å². The van der Waals surface area contributed by atoms with Crippen LogP contribution in [0.5, 0.6) is 0 Å². The van der Waals surface area contributed by atoms with Crippen molar-refractivity contribution in [3.8, 4) is 6.07 Å². The van der Waals surface area contributed by atoms with E-state index in [1.165, 1.54) is 7.11 Å². The number of para-hydroxylation sites is 2. The summed E-state index contributed by atoms with van der Waals surface area (Å²) < 4.78 is 10.1. The number of aromatic nitrogens is 2. The van der Waals surface area contributed by atoms with Crippen LogP contribution >= 0.6 is 0 Å². The van der Waals surface area contributed by atoms with Crippen LogP contribution in [0.15, 0.2) is 24.3 Å². The molecule has 1 saturated heterocycles. The van der Waals surface area contributed by atoms with Gasteiger partial charge in [0.15, 0.2) is 11.7 Å². The van der Waals surface area contributed by atoms with E-state index in [4.69, 9.17) is 14.5 Å². The van der Waals surface area contributed by atoms with Gasteiger partial charge in [-0.1, -0.05) is 19.1 Å². The highest BCUT2D eigenvalue weighted by atomic mass is 16.6. The van der Waals surface area contributed by atoms with E-state index < -0.39 is 11.9 Å². The van der Waals surface area contributed by atoms with Gasteiger partial charge in [0, 0.05) is 20.2 Å². The smallest absolute Gasteiger partial charge is 0.329 e. The summed E-state index contributed by atoms with van der Waals surface area (Å²) in [6.45, 7) is 4.24. The fourth-order valence-corrected chi connectivity index (χ4v) is 3.35. The second-order valence-electron chi connectivity index (χ2n) is 6.84. The van der Waals surface area contributed by atoms with Crippen molar-refractivity contribution >= 4 is 22.8 Å². The molecule has 0 N–H and O–H groups in total. The Balaban J connectivity index is 2.01. The van der Waals surface area contributed by atoms with Crippen molar-refractivity contribution < 1.29 is 14.3 Å². The monoisotopic (exact) mass is 368 g/mol. The van der Waals surface area contributed by atoms with Crippen molar-refractivity contribution in [2.24, 2.45) is 5.92 Å². The highest BCUT2D eigenvalue weighted by Crippen LogP contribution is 2.30. The van der Waals surface area contributed by atoms with Gasteiger partial charge in [0.1, 0.15) is 12.3 Å². The number of piperidine rings is 1. The molecular weight excluding hydrogens is 344 g/mol. The van der Waals surface area contributed by atoms with Crippen LogP contribution in [0.4, 0.5) is 5.82 Å². The van der Waals surface area contributed by atoms with Gasteiger partial charge >= 0.3 is 5.97 Å². The topological polar surface area (TPSA) is 88.3 Å². The minimum Gasteiger partial charge on any atom is -0.462 e. The molecule has 2 unspecified atom stereocenters. The molecule has 7 heteroatoms. The predicted octanol–water partition coefficient (Wildman–Crippen LogP) is 2.66. The molecule has 142 valence electrons. The zero-order chi connectivity index (χ0) is 19.2. The summed E-state index contributed by atoms with van der Waals surface area (Å²) in [4.78, 5) is 24.0. The number of carbonyl (C=O) groups excluding carboxylic acids is 1. The van der Waals surface area contributed by atoms with Crippen LogP contribution in [0.25, 0.3) is 11.0 Å². The number of nitrogens with zero attached hydrogens (tertiary/aromatic N) is 4. The summed E-state index contributed by atoms with van der Waals surface area (Å²) in [5.41, 5.74) is 1.78. The van der Waals surface area contributed by atoms with Crippen molar-refractivity contribution in [2.45, 2.75) is 25.7 Å². The van der Waals surface area contributed by atoms with E-state index in [0.717, 1.165) is 31.4 Å². The van der Waals surface area contributed by atoms with Crippen molar-refractivity contribution in [3.63, 3.8) is 0 Å². The number of methoxy groups -OCH3 is 1. The number of hydrogen-bond acceptors (Lipinski definition) is 7. The van der Waals surface area contributed by atoms with Crippen molar-refractivity contribution in [3.05, 3.63) is 30.0 Å². The molecule has 3 rings (SSSR count). The largest absolute Gasteiger partial charge is 0.462 e. The van der Waals surface area contributed by atoms with Crippen LogP contribution in [0, 0.1) is 17.2 Å². The van der Waals surface area contributed by atoms with Crippen LogP contribution in [0.2, 0.25) is 0 Å². The Kier molecular flexibility index (Phi) is 6.20. The fraction of sp³-hybridized carbons (Fsp3) is 0.500. The molecule has 0 aliphatic carbocycles. The molecule has 0 saturated carbocycles. The Morgan fingerprint density at radius 2 is 2.07 bits per heavy atom. The summed E-state index contributed by atoms with van der Waals surface area (Å²) in [5.74, 6) is -0.610. The highest BCUT2D eigenvalue weighted by Gasteiger charge is 2.31. The first kappa shape index (κ1) is 19.1. The molecule has 1 aromatic heterocycles. The molecule has 1 fully saturated rings. The second-order valence-corrected chi connectivity index (χ2v) is 6.84. The van der Waals surface area contributed by atoms with E-state index in [9.17, 15) is 10.1 Å². The molecule has 0 bridgehead atoms. The molecule has 2 aromatic rings. The maximum Gasteiger partial charge on any atom is 0.329 e. The van der Waals surface area contributed by atoms with Gasteiger partial charge in [-0.2, -0.15) is 5.26 Å². The zero-order valence-electron chi connectivity index (χ0n) is 15.7. The molecule has 1 aromatic carbocycles. The lowest BCUT2D eigenvalue weighted by Crippen LogP contribution is -2.36. The summed E-state index contributed by atoms with van der Waals surface area (Å²) in [6.07, 6.45) is 2.21. The highest BCUT2D eigenvalue weighted by molar-refractivity contribution is 5.85. The number of benzene rings is 1. The number of carbonyl (C=O) groups is 1. The van der Waals surface area contributed by atoms with Crippen molar-refractivity contribution in [1.82, 2.24) is 9.97 Å². The van der Waals surface area contributed by atoms with E-state index in [1.807, 2.05) is 24.3 Å². The van der Waals surface area contributed by atoms with Gasteiger partial charge in [0.05, 0.1) is 23.7 Å². The number of esters is 1. The van der Waals surface area contributed by atoms with Gasteiger partial charge in [0.2, 0.25) is 0 Å². The molecule has 0 spiro atoms. The molecule has 2 atom stereocenters. The van der Waals surface area contributed by atoms with E-state index in [0.29, 0.717) is 22.9 Å². The minimum absolute atomic E-state index is 0.102. The third kappa shape index (κ3) is 4.34. The van der Waals surface area contributed by atoms with Crippen LogP contribution in [0.1, 0.15) is 31.4 Å². The summed E-state index contributed by atoms with van der Waals surface area (Å²) in [6, 6.07) is 9.54. The van der Waals surface area contributed by atoms with Gasteiger partial charge in [0.25, 0.3) is 0 Å². The molecule has 0 radical (unpaired) electrons. The Morgan fingerprint density at radius 1 is 1.33 bits per heavy atom. The van der Waals surface area contributed by atoms with Crippen molar-refractivity contribution in [2.75, 3.05) is 38.3 Å². The minimum atomic E-state index is -1.12. The Morgan fingerprint density at radius 3 is 2.74 bits per heavy atom. The SMILES string of the molecule is COCCOC(=O)C(C#N)c1nc2ccccc2nc1N1CCCC(C)C1. The lowest BCUT2D eigenvalue weighted by molar-refractivity contribution is -0.145. The normalized spacial score (nSPS) is 18.1. The molecule has 2 heterocycles. The second kappa shape index (κ2) is 8.78. The summed E-state index contributed by atoms with van der Waals surface area (Å²) >= 11 is 0. The standard InChI is InChI=1S/C20H24N4O3/c1-14-6-5-9-24(13-14)19-18(15(12-21)20(25)27-11-10-26-2)22-16-7-3-4-8-17(16)23-19/h3-4,7-8,14-15H,5-6,9-11,13H2,1-2H3. The van der Waals surface area contributed by atoms with E-state index in [1.54, 1.807) is 0 Å².